The summed E-state index contributed by atoms with van der Waals surface area (Å²) in [6.07, 6.45) is 4.19. The number of likely N-dealkylation sites (tertiary alicyclic amines) is 1. The summed E-state index contributed by atoms with van der Waals surface area (Å²) in [6.45, 7) is 6.31. The fourth-order valence-electron chi connectivity index (χ4n) is 3.60. The molecule has 0 aliphatic carbocycles. The Morgan fingerprint density at radius 3 is 2.70 bits per heavy atom. The lowest BCUT2D eigenvalue weighted by molar-refractivity contribution is 0.0684. The number of pyridine rings is 1. The van der Waals surface area contributed by atoms with Crippen LogP contribution in [0.25, 0.3) is 0 Å². The van der Waals surface area contributed by atoms with Crippen LogP contribution >= 0.6 is 0 Å². The van der Waals surface area contributed by atoms with Gasteiger partial charge in [-0.2, -0.15) is 5.10 Å². The van der Waals surface area contributed by atoms with Crippen molar-refractivity contribution in [2.45, 2.75) is 39.7 Å². The Morgan fingerprint density at radius 1 is 1.30 bits per heavy atom. The minimum atomic E-state index is -0.0693. The largest absolute Gasteiger partial charge is 0.477 e. The second-order valence-electron chi connectivity index (χ2n) is 6.80. The van der Waals surface area contributed by atoms with Crippen LogP contribution in [0.5, 0.6) is 5.88 Å². The smallest absolute Gasteiger partial charge is 0.345 e. The van der Waals surface area contributed by atoms with Gasteiger partial charge in [-0.05, 0) is 44.7 Å². The van der Waals surface area contributed by atoms with Crippen molar-refractivity contribution in [3.8, 4) is 5.88 Å². The number of carbonyl (C=O) groups is 1. The van der Waals surface area contributed by atoms with E-state index >= 15 is 0 Å². The van der Waals surface area contributed by atoms with Crippen LogP contribution in [-0.4, -0.2) is 49.8 Å². The van der Waals surface area contributed by atoms with Gasteiger partial charge in [-0.3, -0.25) is 9.36 Å². The summed E-state index contributed by atoms with van der Waals surface area (Å²) in [5, 5.41) is 4.37. The number of hydrogen-bond acceptors (Lipinski definition) is 5. The summed E-state index contributed by atoms with van der Waals surface area (Å²) in [5.74, 6) is 1.61. The summed E-state index contributed by atoms with van der Waals surface area (Å²) in [5.41, 5.74) is 0.447. The molecular weight excluding hydrogens is 346 g/mol. The van der Waals surface area contributed by atoms with E-state index in [0.717, 1.165) is 25.1 Å². The van der Waals surface area contributed by atoms with Gasteiger partial charge in [-0.15, -0.1) is 0 Å². The minimum Gasteiger partial charge on any atom is -0.477 e. The molecule has 3 heterocycles. The number of aromatic nitrogens is 4. The van der Waals surface area contributed by atoms with Crippen molar-refractivity contribution < 1.29 is 9.53 Å². The van der Waals surface area contributed by atoms with Crippen LogP contribution in [0.3, 0.4) is 0 Å². The second kappa shape index (κ2) is 8.37. The van der Waals surface area contributed by atoms with Crippen LogP contribution in [-0.2, 0) is 20.0 Å². The van der Waals surface area contributed by atoms with Crippen molar-refractivity contribution in [2.75, 3.05) is 19.7 Å². The van der Waals surface area contributed by atoms with E-state index in [4.69, 9.17) is 4.74 Å². The first-order valence-electron chi connectivity index (χ1n) is 9.54. The number of piperidine rings is 1. The van der Waals surface area contributed by atoms with E-state index in [-0.39, 0.29) is 11.6 Å². The van der Waals surface area contributed by atoms with E-state index in [2.05, 4.69) is 10.1 Å². The Kier molecular flexibility index (Phi) is 5.93. The van der Waals surface area contributed by atoms with E-state index in [9.17, 15) is 9.59 Å². The van der Waals surface area contributed by atoms with Crippen molar-refractivity contribution in [2.24, 2.45) is 13.0 Å². The SMILES string of the molecule is CCOc1ncccc1C(=O)N1CCC(Cc2nn(C)c(=O)n2CC)CC1. The number of nitrogens with zero attached hydrogens (tertiary/aromatic N) is 5. The summed E-state index contributed by atoms with van der Waals surface area (Å²) in [7, 11) is 1.68. The quantitative estimate of drug-likeness (QED) is 0.766. The van der Waals surface area contributed by atoms with Crippen molar-refractivity contribution in [3.05, 3.63) is 40.2 Å². The molecule has 0 bridgehead atoms. The van der Waals surface area contributed by atoms with Gasteiger partial charge < -0.3 is 9.64 Å². The van der Waals surface area contributed by atoms with Gasteiger partial charge in [-0.1, -0.05) is 0 Å². The lowest BCUT2D eigenvalue weighted by Gasteiger charge is -2.32. The molecule has 8 heteroatoms. The maximum Gasteiger partial charge on any atom is 0.345 e. The third kappa shape index (κ3) is 4.04. The molecule has 0 N–H and O–H groups in total. The van der Waals surface area contributed by atoms with Crippen LogP contribution in [0, 0.1) is 5.92 Å². The molecule has 0 atom stereocenters. The van der Waals surface area contributed by atoms with Gasteiger partial charge >= 0.3 is 5.69 Å². The maximum atomic E-state index is 12.9. The minimum absolute atomic E-state index is 0.0340. The van der Waals surface area contributed by atoms with E-state index in [1.165, 1.54) is 4.68 Å². The highest BCUT2D eigenvalue weighted by molar-refractivity contribution is 5.96. The Hall–Kier alpha value is -2.64. The highest BCUT2D eigenvalue weighted by atomic mass is 16.5. The maximum absolute atomic E-state index is 12.9. The fourth-order valence-corrected chi connectivity index (χ4v) is 3.60. The molecule has 1 aliphatic heterocycles. The third-order valence-corrected chi connectivity index (χ3v) is 5.06. The van der Waals surface area contributed by atoms with Crippen LogP contribution in [0.2, 0.25) is 0 Å². The molecule has 3 rings (SSSR count). The molecule has 2 aromatic rings. The Labute approximate surface area is 158 Å². The first-order valence-corrected chi connectivity index (χ1v) is 9.54. The zero-order valence-electron chi connectivity index (χ0n) is 16.2. The second-order valence-corrected chi connectivity index (χ2v) is 6.80. The fraction of sp³-hybridized carbons (Fsp3) is 0.579. The van der Waals surface area contributed by atoms with Gasteiger partial charge in [0.25, 0.3) is 5.91 Å². The van der Waals surface area contributed by atoms with Gasteiger partial charge in [0.05, 0.1) is 6.61 Å². The summed E-state index contributed by atoms with van der Waals surface area (Å²) < 4.78 is 8.61. The molecule has 0 unspecified atom stereocenters. The molecule has 27 heavy (non-hydrogen) atoms. The summed E-state index contributed by atoms with van der Waals surface area (Å²) in [4.78, 5) is 30.9. The average molecular weight is 373 g/mol. The number of ether oxygens (including phenoxy) is 1. The Morgan fingerprint density at radius 2 is 2.04 bits per heavy atom. The van der Waals surface area contributed by atoms with Gasteiger partial charge in [0, 0.05) is 39.3 Å². The molecule has 1 amide bonds. The van der Waals surface area contributed by atoms with Crippen LogP contribution in [0.4, 0.5) is 0 Å². The predicted octanol–water partition coefficient (Wildman–Crippen LogP) is 1.49. The van der Waals surface area contributed by atoms with Crippen molar-refractivity contribution in [3.63, 3.8) is 0 Å². The van der Waals surface area contributed by atoms with E-state index in [0.29, 0.717) is 43.6 Å². The molecule has 1 aliphatic rings. The molecule has 0 radical (unpaired) electrons. The Bertz CT molecular complexity index is 849. The van der Waals surface area contributed by atoms with Crippen LogP contribution < -0.4 is 10.4 Å². The molecule has 146 valence electrons. The van der Waals surface area contributed by atoms with Crippen molar-refractivity contribution in [1.29, 1.82) is 0 Å². The molecule has 8 nitrogen and oxygen atoms in total. The van der Waals surface area contributed by atoms with Gasteiger partial charge in [0.2, 0.25) is 5.88 Å². The lowest BCUT2D eigenvalue weighted by Crippen LogP contribution is -2.39. The Balaban J connectivity index is 1.63. The van der Waals surface area contributed by atoms with Crippen LogP contribution in [0.1, 0.15) is 42.9 Å². The average Bonchev–Trinajstić information content (AvgIpc) is 2.95. The molecule has 0 aromatic carbocycles. The summed E-state index contributed by atoms with van der Waals surface area (Å²) >= 11 is 0. The monoisotopic (exact) mass is 373 g/mol. The molecule has 1 saturated heterocycles. The number of carbonyl (C=O) groups excluding carboxylic acids is 1. The van der Waals surface area contributed by atoms with Crippen molar-refractivity contribution >= 4 is 5.91 Å². The molecule has 0 saturated carbocycles. The first kappa shape index (κ1) is 19.1. The molecular formula is C19H27N5O3. The number of hydrogen-bond donors (Lipinski definition) is 0. The predicted molar refractivity (Wildman–Crippen MR) is 101 cm³/mol. The third-order valence-electron chi connectivity index (χ3n) is 5.06. The topological polar surface area (TPSA) is 82.2 Å². The van der Waals surface area contributed by atoms with Gasteiger partial charge in [0.1, 0.15) is 11.4 Å². The zero-order chi connectivity index (χ0) is 19.4. The first-order chi connectivity index (χ1) is 13.0. The highest BCUT2D eigenvalue weighted by Crippen LogP contribution is 2.24. The van der Waals surface area contributed by atoms with Gasteiger partial charge in [0.15, 0.2) is 0 Å². The number of amides is 1. The molecule has 1 fully saturated rings. The van der Waals surface area contributed by atoms with Crippen molar-refractivity contribution in [1.82, 2.24) is 24.2 Å². The van der Waals surface area contributed by atoms with Gasteiger partial charge in [-0.25, -0.2) is 14.5 Å². The van der Waals surface area contributed by atoms with E-state index < -0.39 is 0 Å². The zero-order valence-corrected chi connectivity index (χ0v) is 16.2. The number of rotatable bonds is 6. The van der Waals surface area contributed by atoms with Crippen LogP contribution in [0.15, 0.2) is 23.1 Å². The highest BCUT2D eigenvalue weighted by Gasteiger charge is 2.27. The van der Waals surface area contributed by atoms with E-state index in [1.807, 2.05) is 18.7 Å². The molecule has 0 spiro atoms. The normalized spacial score (nSPS) is 15.1. The lowest BCUT2D eigenvalue weighted by atomic mass is 9.93. The summed E-state index contributed by atoms with van der Waals surface area (Å²) in [6, 6.07) is 3.52. The molecule has 2 aromatic heterocycles. The standard InChI is InChI=1S/C19H27N5O3/c1-4-24-16(21-22(3)19(24)26)13-14-8-11-23(12-9-14)18(25)15-7-6-10-20-17(15)27-5-2/h6-7,10,14H,4-5,8-9,11-13H2,1-3H3. The number of aryl methyl sites for hydroxylation is 1. The van der Waals surface area contributed by atoms with E-state index in [1.54, 1.807) is 29.9 Å².